The summed E-state index contributed by atoms with van der Waals surface area (Å²) in [4.78, 5) is 32.8. The zero-order chi connectivity index (χ0) is 22.6. The van der Waals surface area contributed by atoms with Gasteiger partial charge in [0.15, 0.2) is 16.9 Å². The molecule has 7 nitrogen and oxygen atoms in total. The molecule has 1 aliphatic heterocycles. The monoisotopic (exact) mass is 512 g/mol. The van der Waals surface area contributed by atoms with Crippen molar-refractivity contribution in [2.75, 3.05) is 12.0 Å². The van der Waals surface area contributed by atoms with Crippen LogP contribution in [0.2, 0.25) is 5.02 Å². The van der Waals surface area contributed by atoms with Crippen LogP contribution in [0.4, 0.5) is 5.82 Å². The zero-order valence-corrected chi connectivity index (χ0v) is 18.8. The lowest BCUT2D eigenvalue weighted by molar-refractivity contribution is 0.0970. The predicted octanol–water partition coefficient (Wildman–Crippen LogP) is 5.07. The Kier molecular flexibility index (Phi) is 4.91. The molecule has 0 spiro atoms. The number of ether oxygens (including phenoxy) is 1. The summed E-state index contributed by atoms with van der Waals surface area (Å²) in [5, 5.41) is 10.9. The number of amides is 1. The largest absolute Gasteiger partial charge is 0.503 e. The third-order valence-electron chi connectivity index (χ3n) is 5.31. The van der Waals surface area contributed by atoms with Gasteiger partial charge in [0.1, 0.15) is 11.4 Å². The summed E-state index contributed by atoms with van der Waals surface area (Å²) in [7, 11) is 1.42. The number of anilines is 1. The number of aromatic nitrogens is 1. The molecule has 2 aromatic heterocycles. The summed E-state index contributed by atoms with van der Waals surface area (Å²) >= 11 is 9.42. The highest BCUT2D eigenvalue weighted by Crippen LogP contribution is 2.44. The smallest absolute Gasteiger partial charge is 0.296 e. The van der Waals surface area contributed by atoms with E-state index in [9.17, 15) is 14.7 Å². The molecule has 1 N–H and O–H groups in total. The van der Waals surface area contributed by atoms with Gasteiger partial charge in [0.2, 0.25) is 5.76 Å². The number of aromatic hydroxyl groups is 1. The van der Waals surface area contributed by atoms with E-state index in [1.54, 1.807) is 48.7 Å². The van der Waals surface area contributed by atoms with E-state index in [1.165, 1.54) is 18.1 Å². The summed E-state index contributed by atoms with van der Waals surface area (Å²) in [6.07, 6.45) is 1.56. The Labute approximate surface area is 195 Å². The third-order valence-corrected chi connectivity index (χ3v) is 6.15. The molecule has 0 aliphatic carbocycles. The molecule has 0 saturated heterocycles. The molecule has 9 heteroatoms. The predicted molar refractivity (Wildman–Crippen MR) is 123 cm³/mol. The average Bonchev–Trinajstić information content (AvgIpc) is 3.09. The minimum Gasteiger partial charge on any atom is -0.503 e. The van der Waals surface area contributed by atoms with Crippen molar-refractivity contribution in [3.8, 4) is 11.5 Å². The Bertz CT molecular complexity index is 1450. The number of phenolic OH excluding ortho intramolecular Hbond substituents is 1. The number of hydrogen-bond donors (Lipinski definition) is 1. The van der Waals surface area contributed by atoms with Gasteiger partial charge in [-0.05, 0) is 64.0 Å². The second-order valence-electron chi connectivity index (χ2n) is 7.13. The molecule has 160 valence electrons. The second kappa shape index (κ2) is 7.65. The highest BCUT2D eigenvalue weighted by atomic mass is 79.9. The summed E-state index contributed by atoms with van der Waals surface area (Å²) in [6.45, 7) is 0. The van der Waals surface area contributed by atoms with Crippen molar-refractivity contribution < 1.29 is 19.1 Å². The fraction of sp³-hybridized carbons (Fsp3) is 0.0870. The van der Waals surface area contributed by atoms with Crippen LogP contribution in [0, 0.1) is 0 Å². The van der Waals surface area contributed by atoms with E-state index < -0.39 is 11.9 Å². The van der Waals surface area contributed by atoms with Crippen LogP contribution in [0.5, 0.6) is 11.5 Å². The lowest BCUT2D eigenvalue weighted by Gasteiger charge is -2.24. The Morgan fingerprint density at radius 1 is 1.19 bits per heavy atom. The number of hydrogen-bond acceptors (Lipinski definition) is 6. The molecule has 0 radical (unpaired) electrons. The molecular formula is C23H14BrClN2O5. The molecule has 0 saturated carbocycles. The van der Waals surface area contributed by atoms with Gasteiger partial charge in [0.05, 0.1) is 28.6 Å². The first-order chi connectivity index (χ1) is 15.4. The first kappa shape index (κ1) is 20.5. The molecule has 0 fully saturated rings. The molecule has 1 amide bonds. The molecule has 4 aromatic rings. The van der Waals surface area contributed by atoms with Crippen molar-refractivity contribution in [2.24, 2.45) is 0 Å². The minimum atomic E-state index is -0.863. The quantitative estimate of drug-likeness (QED) is 0.411. The van der Waals surface area contributed by atoms with Crippen LogP contribution >= 0.6 is 27.5 Å². The molecule has 1 unspecified atom stereocenters. The summed E-state index contributed by atoms with van der Waals surface area (Å²) in [5.41, 5.74) is 0.578. The van der Waals surface area contributed by atoms with Gasteiger partial charge in [-0.15, -0.1) is 0 Å². The molecule has 1 aliphatic rings. The number of phenols is 1. The van der Waals surface area contributed by atoms with Crippen LogP contribution in [0.25, 0.3) is 11.0 Å². The highest BCUT2D eigenvalue weighted by molar-refractivity contribution is 9.10. The Morgan fingerprint density at radius 2 is 2.00 bits per heavy atom. The van der Waals surface area contributed by atoms with Gasteiger partial charge in [-0.3, -0.25) is 14.5 Å². The summed E-state index contributed by atoms with van der Waals surface area (Å²) < 4.78 is 11.5. The van der Waals surface area contributed by atoms with E-state index in [1.807, 2.05) is 0 Å². The van der Waals surface area contributed by atoms with Crippen molar-refractivity contribution in [1.29, 1.82) is 0 Å². The maximum atomic E-state index is 13.6. The van der Waals surface area contributed by atoms with E-state index in [4.69, 9.17) is 20.8 Å². The van der Waals surface area contributed by atoms with Gasteiger partial charge in [-0.1, -0.05) is 17.7 Å². The van der Waals surface area contributed by atoms with E-state index in [2.05, 4.69) is 20.9 Å². The van der Waals surface area contributed by atoms with E-state index >= 15 is 0 Å². The van der Waals surface area contributed by atoms with Gasteiger partial charge in [0, 0.05) is 11.2 Å². The number of halogens is 2. The minimum absolute atomic E-state index is 0.0661. The first-order valence-electron chi connectivity index (χ1n) is 9.48. The second-order valence-corrected chi connectivity index (χ2v) is 8.42. The lowest BCUT2D eigenvalue weighted by Crippen LogP contribution is -2.30. The van der Waals surface area contributed by atoms with Crippen LogP contribution in [0.15, 0.2) is 68.4 Å². The van der Waals surface area contributed by atoms with Gasteiger partial charge < -0.3 is 14.3 Å². The van der Waals surface area contributed by atoms with Crippen LogP contribution in [0.3, 0.4) is 0 Å². The number of benzene rings is 2. The van der Waals surface area contributed by atoms with E-state index in [0.29, 0.717) is 20.9 Å². The van der Waals surface area contributed by atoms with Crippen molar-refractivity contribution >= 4 is 50.2 Å². The van der Waals surface area contributed by atoms with E-state index in [-0.39, 0.29) is 39.2 Å². The fourth-order valence-corrected chi connectivity index (χ4v) is 4.53. The van der Waals surface area contributed by atoms with Crippen molar-refractivity contribution in [3.63, 3.8) is 0 Å². The Balaban J connectivity index is 1.85. The number of pyridine rings is 1. The first-order valence-corrected chi connectivity index (χ1v) is 10.6. The standard InChI is InChI=1S/C23H14BrClN2O5/c1-31-16-9-11(8-14(24)21(16)29)19-18-20(28)13-10-12(25)5-6-15(13)32-22(18)23(30)27(19)17-4-2-3-7-26-17/h2-10,19,29H,1H3. The topological polar surface area (TPSA) is 92.9 Å². The van der Waals surface area contributed by atoms with E-state index in [0.717, 1.165) is 0 Å². The Hall–Kier alpha value is -3.36. The van der Waals surface area contributed by atoms with Gasteiger partial charge in [0.25, 0.3) is 5.91 Å². The number of nitrogens with zero attached hydrogens (tertiary/aromatic N) is 2. The van der Waals surface area contributed by atoms with Crippen LogP contribution in [-0.2, 0) is 0 Å². The summed E-state index contributed by atoms with van der Waals surface area (Å²) in [5.74, 6) is -0.130. The van der Waals surface area contributed by atoms with Crippen LogP contribution in [0.1, 0.15) is 27.7 Å². The average molecular weight is 514 g/mol. The van der Waals surface area contributed by atoms with Crippen molar-refractivity contribution in [2.45, 2.75) is 6.04 Å². The maximum Gasteiger partial charge on any atom is 0.296 e. The number of rotatable bonds is 3. The zero-order valence-electron chi connectivity index (χ0n) is 16.5. The number of carbonyl (C=O) groups excluding carboxylic acids is 1. The van der Waals surface area contributed by atoms with Crippen molar-refractivity contribution in [1.82, 2.24) is 4.98 Å². The molecule has 0 bridgehead atoms. The normalized spacial score (nSPS) is 15.3. The van der Waals surface area contributed by atoms with Crippen LogP contribution in [-0.4, -0.2) is 23.1 Å². The number of carbonyl (C=O) groups is 1. The fourth-order valence-electron chi connectivity index (χ4n) is 3.90. The number of fused-ring (bicyclic) bond motifs is 2. The molecule has 5 rings (SSSR count). The lowest BCUT2D eigenvalue weighted by atomic mass is 9.98. The molecule has 1 atom stereocenters. The maximum absolute atomic E-state index is 13.6. The molecule has 3 heterocycles. The SMILES string of the molecule is COc1cc(C2c3c(oc4ccc(Cl)cc4c3=O)C(=O)N2c2ccccn2)cc(Br)c1O. The van der Waals surface area contributed by atoms with Crippen molar-refractivity contribution in [3.05, 3.63) is 91.3 Å². The van der Waals surface area contributed by atoms with Gasteiger partial charge in [-0.25, -0.2) is 4.98 Å². The molecule has 32 heavy (non-hydrogen) atoms. The van der Waals surface area contributed by atoms with Gasteiger partial charge >= 0.3 is 0 Å². The molecule has 2 aromatic carbocycles. The molecular weight excluding hydrogens is 500 g/mol. The van der Waals surface area contributed by atoms with Crippen LogP contribution < -0.4 is 15.1 Å². The Morgan fingerprint density at radius 3 is 2.72 bits per heavy atom. The van der Waals surface area contributed by atoms with Gasteiger partial charge in [-0.2, -0.15) is 0 Å². The third kappa shape index (κ3) is 3.06. The number of methoxy groups -OCH3 is 1. The highest BCUT2D eigenvalue weighted by Gasteiger charge is 2.44. The summed E-state index contributed by atoms with van der Waals surface area (Å²) in [6, 6.07) is 12.2.